The van der Waals surface area contributed by atoms with Gasteiger partial charge >= 0.3 is 12.3 Å². The molecular weight excluding hydrogens is 261 g/mol. The molecule has 0 saturated heterocycles. The van der Waals surface area contributed by atoms with Crippen molar-refractivity contribution in [2.75, 3.05) is 0 Å². The van der Waals surface area contributed by atoms with Crippen molar-refractivity contribution in [2.24, 2.45) is 0 Å². The molecule has 6 heteroatoms. The third-order valence-electron chi connectivity index (χ3n) is 2.88. The van der Waals surface area contributed by atoms with Crippen LogP contribution < -0.4 is 4.74 Å². The van der Waals surface area contributed by atoms with Gasteiger partial charge in [0.1, 0.15) is 11.9 Å². The number of carbonyl (C=O) groups excluding carboxylic acids is 1. The van der Waals surface area contributed by atoms with Gasteiger partial charge in [-0.05, 0) is 43.9 Å². The quantitative estimate of drug-likeness (QED) is 0.789. The lowest BCUT2D eigenvalue weighted by Gasteiger charge is -2.12. The fourth-order valence-electron chi connectivity index (χ4n) is 2.05. The van der Waals surface area contributed by atoms with Crippen LogP contribution in [-0.4, -0.2) is 18.4 Å². The molecule has 0 unspecified atom stereocenters. The molecule has 104 valence electrons. The van der Waals surface area contributed by atoms with E-state index in [0.29, 0.717) is 0 Å². The molecular formula is C13H13F3O3. The van der Waals surface area contributed by atoms with Crippen molar-refractivity contribution in [2.45, 2.75) is 38.1 Å². The summed E-state index contributed by atoms with van der Waals surface area (Å²) in [6.45, 7) is 0. The van der Waals surface area contributed by atoms with Crippen LogP contribution in [0.4, 0.5) is 13.2 Å². The average Bonchev–Trinajstić information content (AvgIpc) is 2.80. The molecule has 1 aliphatic rings. The van der Waals surface area contributed by atoms with Crippen LogP contribution in [0.25, 0.3) is 0 Å². The Labute approximate surface area is 108 Å². The van der Waals surface area contributed by atoms with Crippen LogP contribution in [0.1, 0.15) is 36.0 Å². The molecule has 0 heterocycles. The first-order chi connectivity index (χ1) is 8.94. The standard InChI is InChI=1S/C13H13F3O3/c14-13(15,16)19-11-7-3-4-9(8-11)12(17)18-10-5-1-2-6-10/h3-4,7-8,10H,1-2,5-6H2. The van der Waals surface area contributed by atoms with Gasteiger partial charge in [-0.1, -0.05) is 6.07 Å². The summed E-state index contributed by atoms with van der Waals surface area (Å²) < 4.78 is 45.2. The number of hydrogen-bond donors (Lipinski definition) is 0. The van der Waals surface area contributed by atoms with Crippen molar-refractivity contribution in [1.82, 2.24) is 0 Å². The molecule has 0 atom stereocenters. The van der Waals surface area contributed by atoms with E-state index >= 15 is 0 Å². The Morgan fingerprint density at radius 2 is 1.89 bits per heavy atom. The molecule has 1 fully saturated rings. The zero-order valence-electron chi connectivity index (χ0n) is 10.1. The van der Waals surface area contributed by atoms with Crippen LogP contribution in [-0.2, 0) is 4.74 Å². The molecule has 1 aromatic rings. The third kappa shape index (κ3) is 4.15. The summed E-state index contributed by atoms with van der Waals surface area (Å²) in [5.74, 6) is -1.03. The molecule has 1 aromatic carbocycles. The first kappa shape index (κ1) is 13.7. The second-order valence-corrected chi connectivity index (χ2v) is 4.39. The predicted octanol–water partition coefficient (Wildman–Crippen LogP) is 3.68. The number of hydrogen-bond acceptors (Lipinski definition) is 3. The highest BCUT2D eigenvalue weighted by atomic mass is 19.4. The largest absolute Gasteiger partial charge is 0.573 e. The van der Waals surface area contributed by atoms with Gasteiger partial charge in [-0.3, -0.25) is 0 Å². The van der Waals surface area contributed by atoms with Crippen LogP contribution in [0, 0.1) is 0 Å². The summed E-state index contributed by atoms with van der Waals surface area (Å²) in [5.41, 5.74) is 0.0636. The Hall–Kier alpha value is -1.72. The lowest BCUT2D eigenvalue weighted by molar-refractivity contribution is -0.274. The van der Waals surface area contributed by atoms with E-state index in [-0.39, 0.29) is 11.7 Å². The lowest BCUT2D eigenvalue weighted by Crippen LogP contribution is -2.18. The van der Waals surface area contributed by atoms with E-state index in [1.165, 1.54) is 12.1 Å². The molecule has 3 nitrogen and oxygen atoms in total. The number of esters is 1. The summed E-state index contributed by atoms with van der Waals surface area (Å²) in [4.78, 5) is 11.8. The minimum absolute atomic E-state index is 0.0636. The SMILES string of the molecule is O=C(OC1CCCC1)c1cccc(OC(F)(F)F)c1. The van der Waals surface area contributed by atoms with Gasteiger partial charge in [-0.25, -0.2) is 4.79 Å². The Balaban J connectivity index is 2.03. The van der Waals surface area contributed by atoms with E-state index in [2.05, 4.69) is 4.74 Å². The Morgan fingerprint density at radius 3 is 2.53 bits per heavy atom. The summed E-state index contributed by atoms with van der Waals surface area (Å²) in [5, 5.41) is 0. The summed E-state index contributed by atoms with van der Waals surface area (Å²) in [7, 11) is 0. The summed E-state index contributed by atoms with van der Waals surface area (Å²) in [6, 6.07) is 4.90. The number of benzene rings is 1. The summed E-state index contributed by atoms with van der Waals surface area (Å²) >= 11 is 0. The Kier molecular flexibility index (Phi) is 3.97. The molecule has 2 rings (SSSR count). The maximum atomic E-state index is 12.1. The highest BCUT2D eigenvalue weighted by molar-refractivity contribution is 5.90. The number of carbonyl (C=O) groups is 1. The topological polar surface area (TPSA) is 35.5 Å². The first-order valence-corrected chi connectivity index (χ1v) is 6.01. The maximum Gasteiger partial charge on any atom is 0.573 e. The molecule has 0 aliphatic heterocycles. The minimum atomic E-state index is -4.77. The Bertz CT molecular complexity index is 451. The van der Waals surface area contributed by atoms with Crippen molar-refractivity contribution >= 4 is 5.97 Å². The summed E-state index contributed by atoms with van der Waals surface area (Å²) in [6.07, 6.45) is -1.26. The highest BCUT2D eigenvalue weighted by Crippen LogP contribution is 2.25. The van der Waals surface area contributed by atoms with Crippen LogP contribution in [0.3, 0.4) is 0 Å². The molecule has 0 spiro atoms. The molecule has 0 radical (unpaired) electrons. The highest BCUT2D eigenvalue weighted by Gasteiger charge is 2.31. The van der Waals surface area contributed by atoms with Crippen molar-refractivity contribution < 1.29 is 27.4 Å². The van der Waals surface area contributed by atoms with E-state index in [1.807, 2.05) is 0 Å². The molecule has 0 aromatic heterocycles. The van der Waals surface area contributed by atoms with Gasteiger partial charge in [-0.2, -0.15) is 0 Å². The molecule has 0 amide bonds. The molecule has 19 heavy (non-hydrogen) atoms. The second kappa shape index (κ2) is 5.50. The van der Waals surface area contributed by atoms with Crippen LogP contribution >= 0.6 is 0 Å². The molecule has 1 aliphatic carbocycles. The van der Waals surface area contributed by atoms with E-state index < -0.39 is 18.1 Å². The van der Waals surface area contributed by atoms with Gasteiger partial charge in [0.25, 0.3) is 0 Å². The van der Waals surface area contributed by atoms with Crippen molar-refractivity contribution in [1.29, 1.82) is 0 Å². The normalized spacial score (nSPS) is 16.4. The van der Waals surface area contributed by atoms with Gasteiger partial charge < -0.3 is 9.47 Å². The number of alkyl halides is 3. The van der Waals surface area contributed by atoms with E-state index in [0.717, 1.165) is 37.8 Å². The number of rotatable bonds is 3. The van der Waals surface area contributed by atoms with Gasteiger partial charge in [0.15, 0.2) is 0 Å². The Morgan fingerprint density at radius 1 is 1.21 bits per heavy atom. The van der Waals surface area contributed by atoms with E-state index in [9.17, 15) is 18.0 Å². The molecule has 0 N–H and O–H groups in total. The van der Waals surface area contributed by atoms with Crippen molar-refractivity contribution in [3.05, 3.63) is 29.8 Å². The lowest BCUT2D eigenvalue weighted by atomic mass is 10.2. The average molecular weight is 274 g/mol. The van der Waals surface area contributed by atoms with Crippen molar-refractivity contribution in [3.63, 3.8) is 0 Å². The van der Waals surface area contributed by atoms with Crippen LogP contribution in [0.5, 0.6) is 5.75 Å². The van der Waals surface area contributed by atoms with Gasteiger partial charge in [0.2, 0.25) is 0 Å². The van der Waals surface area contributed by atoms with Crippen molar-refractivity contribution in [3.8, 4) is 5.75 Å². The van der Waals surface area contributed by atoms with Gasteiger partial charge in [0.05, 0.1) is 5.56 Å². The predicted molar refractivity (Wildman–Crippen MR) is 60.8 cm³/mol. The zero-order chi connectivity index (χ0) is 13.9. The molecule has 0 bridgehead atoms. The van der Waals surface area contributed by atoms with E-state index in [4.69, 9.17) is 4.74 Å². The minimum Gasteiger partial charge on any atom is -0.459 e. The maximum absolute atomic E-state index is 12.1. The van der Waals surface area contributed by atoms with Crippen LogP contribution in [0.15, 0.2) is 24.3 Å². The molecule has 1 saturated carbocycles. The smallest absolute Gasteiger partial charge is 0.459 e. The fraction of sp³-hybridized carbons (Fsp3) is 0.462. The van der Waals surface area contributed by atoms with Gasteiger partial charge in [-0.15, -0.1) is 13.2 Å². The monoisotopic (exact) mass is 274 g/mol. The zero-order valence-corrected chi connectivity index (χ0v) is 10.1. The van der Waals surface area contributed by atoms with Crippen LogP contribution in [0.2, 0.25) is 0 Å². The number of ether oxygens (including phenoxy) is 2. The second-order valence-electron chi connectivity index (χ2n) is 4.39. The van der Waals surface area contributed by atoms with E-state index in [1.54, 1.807) is 0 Å². The first-order valence-electron chi connectivity index (χ1n) is 6.01. The van der Waals surface area contributed by atoms with Gasteiger partial charge in [0, 0.05) is 0 Å². The fourth-order valence-corrected chi connectivity index (χ4v) is 2.05. The number of halogens is 3. The third-order valence-corrected chi connectivity index (χ3v) is 2.88.